The SMILES string of the molecule is CC1C(C(=O)O)(C(=O)O)CC1(C(=O)O)C(=O)O. The first-order chi connectivity index (χ1) is 7.64. The molecule has 4 N–H and O–H groups in total. The Balaban J connectivity index is 3.28. The van der Waals surface area contributed by atoms with Crippen LogP contribution in [0.15, 0.2) is 0 Å². The molecule has 0 saturated heterocycles. The molecule has 1 rings (SSSR count). The summed E-state index contributed by atoms with van der Waals surface area (Å²) < 4.78 is 0. The van der Waals surface area contributed by atoms with Gasteiger partial charge in [0.25, 0.3) is 0 Å². The van der Waals surface area contributed by atoms with Crippen LogP contribution in [0.25, 0.3) is 0 Å². The third kappa shape index (κ3) is 1.23. The van der Waals surface area contributed by atoms with Gasteiger partial charge in [-0.2, -0.15) is 0 Å². The van der Waals surface area contributed by atoms with E-state index in [1.807, 2.05) is 0 Å². The fraction of sp³-hybridized carbons (Fsp3) is 0.556. The number of carboxylic acids is 4. The molecule has 0 aromatic rings. The molecule has 8 heteroatoms. The Morgan fingerprint density at radius 1 is 0.824 bits per heavy atom. The van der Waals surface area contributed by atoms with Gasteiger partial charge in [0.1, 0.15) is 0 Å². The average Bonchev–Trinajstić information content (AvgIpc) is 2.14. The summed E-state index contributed by atoms with van der Waals surface area (Å²) in [6, 6.07) is 0. The Labute approximate surface area is 94.5 Å². The Bertz CT molecular complexity index is 357. The van der Waals surface area contributed by atoms with Gasteiger partial charge in [-0.15, -0.1) is 0 Å². The van der Waals surface area contributed by atoms with Gasteiger partial charge in [0.15, 0.2) is 10.8 Å². The van der Waals surface area contributed by atoms with Crippen molar-refractivity contribution in [2.75, 3.05) is 0 Å². The summed E-state index contributed by atoms with van der Waals surface area (Å²) >= 11 is 0. The van der Waals surface area contributed by atoms with Crippen LogP contribution < -0.4 is 0 Å². The quantitative estimate of drug-likeness (QED) is 0.477. The number of hydrogen-bond acceptors (Lipinski definition) is 4. The van der Waals surface area contributed by atoms with Crippen molar-refractivity contribution in [2.24, 2.45) is 16.7 Å². The minimum Gasteiger partial charge on any atom is -0.480 e. The zero-order valence-electron chi connectivity index (χ0n) is 8.71. The highest BCUT2D eigenvalue weighted by molar-refractivity contribution is 6.09. The van der Waals surface area contributed by atoms with E-state index in [9.17, 15) is 19.2 Å². The standard InChI is InChI=1S/C9H10O8/c1-3-8(4(10)11,5(12)13)2-9(3,6(14)15)7(16)17/h3H,2H2,1H3,(H,10,11)(H,12,13)(H,14,15)(H,16,17). The lowest BCUT2D eigenvalue weighted by atomic mass is 9.45. The number of rotatable bonds is 4. The van der Waals surface area contributed by atoms with Crippen LogP contribution in [-0.2, 0) is 19.2 Å². The molecule has 0 radical (unpaired) electrons. The van der Waals surface area contributed by atoms with Crippen molar-refractivity contribution < 1.29 is 39.6 Å². The summed E-state index contributed by atoms with van der Waals surface area (Å²) in [6.45, 7) is 1.01. The monoisotopic (exact) mass is 246 g/mol. The molecule has 1 fully saturated rings. The van der Waals surface area contributed by atoms with Gasteiger partial charge in [-0.1, -0.05) is 6.92 Å². The van der Waals surface area contributed by atoms with E-state index in [1.165, 1.54) is 0 Å². The number of hydrogen-bond donors (Lipinski definition) is 4. The van der Waals surface area contributed by atoms with Crippen molar-refractivity contribution in [3.8, 4) is 0 Å². The normalized spacial score (nSPS) is 21.2. The topological polar surface area (TPSA) is 149 Å². The molecule has 0 spiro atoms. The molecule has 1 aliphatic rings. The van der Waals surface area contributed by atoms with Gasteiger partial charge in [0, 0.05) is 12.3 Å². The first-order valence-electron chi connectivity index (χ1n) is 4.57. The zero-order valence-corrected chi connectivity index (χ0v) is 8.71. The lowest BCUT2D eigenvalue weighted by Gasteiger charge is -2.51. The summed E-state index contributed by atoms with van der Waals surface area (Å²) in [7, 11) is 0. The van der Waals surface area contributed by atoms with E-state index in [0.717, 1.165) is 6.92 Å². The summed E-state index contributed by atoms with van der Waals surface area (Å²) in [5.74, 6) is -8.45. The van der Waals surface area contributed by atoms with E-state index in [2.05, 4.69) is 0 Å². The van der Waals surface area contributed by atoms with Crippen LogP contribution in [0.1, 0.15) is 13.3 Å². The maximum absolute atomic E-state index is 10.9. The van der Waals surface area contributed by atoms with Gasteiger partial charge < -0.3 is 20.4 Å². The van der Waals surface area contributed by atoms with Gasteiger partial charge in [-0.25, -0.2) is 0 Å². The largest absolute Gasteiger partial charge is 0.480 e. The molecule has 0 atom stereocenters. The fourth-order valence-electron chi connectivity index (χ4n) is 2.26. The first kappa shape index (κ1) is 12.9. The minimum absolute atomic E-state index is 0.962. The van der Waals surface area contributed by atoms with E-state index >= 15 is 0 Å². The third-order valence-electron chi connectivity index (χ3n) is 3.56. The Morgan fingerprint density at radius 2 is 1.06 bits per heavy atom. The van der Waals surface area contributed by atoms with Crippen molar-refractivity contribution in [3.05, 3.63) is 0 Å². The lowest BCUT2D eigenvalue weighted by Crippen LogP contribution is -2.68. The van der Waals surface area contributed by atoms with Crippen LogP contribution in [0, 0.1) is 16.7 Å². The van der Waals surface area contributed by atoms with Gasteiger partial charge in [0.2, 0.25) is 0 Å². The van der Waals surface area contributed by atoms with Gasteiger partial charge in [0.05, 0.1) is 0 Å². The molecular weight excluding hydrogens is 236 g/mol. The van der Waals surface area contributed by atoms with E-state index < -0.39 is 47.0 Å². The molecule has 1 saturated carbocycles. The highest BCUT2D eigenvalue weighted by Gasteiger charge is 2.76. The smallest absolute Gasteiger partial charge is 0.321 e. The number of aliphatic carboxylic acids is 4. The highest BCUT2D eigenvalue weighted by Crippen LogP contribution is 2.60. The van der Waals surface area contributed by atoms with E-state index in [-0.39, 0.29) is 0 Å². The van der Waals surface area contributed by atoms with Crippen LogP contribution in [0.4, 0.5) is 0 Å². The molecular formula is C9H10O8. The van der Waals surface area contributed by atoms with E-state index in [1.54, 1.807) is 0 Å². The van der Waals surface area contributed by atoms with Crippen LogP contribution in [0.5, 0.6) is 0 Å². The molecule has 0 unspecified atom stereocenters. The van der Waals surface area contributed by atoms with Crippen LogP contribution in [-0.4, -0.2) is 44.3 Å². The predicted octanol–water partition coefficient (Wildman–Crippen LogP) is -0.663. The van der Waals surface area contributed by atoms with Crippen LogP contribution in [0.3, 0.4) is 0 Å². The Morgan fingerprint density at radius 3 is 1.18 bits per heavy atom. The van der Waals surface area contributed by atoms with Crippen molar-refractivity contribution in [3.63, 3.8) is 0 Å². The molecule has 0 heterocycles. The molecule has 17 heavy (non-hydrogen) atoms. The molecule has 0 aromatic heterocycles. The summed E-state index contributed by atoms with van der Waals surface area (Å²) in [5.41, 5.74) is -4.70. The maximum Gasteiger partial charge on any atom is 0.321 e. The maximum atomic E-state index is 10.9. The van der Waals surface area contributed by atoms with Crippen LogP contribution in [0.2, 0.25) is 0 Å². The second kappa shape index (κ2) is 3.44. The Kier molecular flexibility index (Phi) is 2.62. The molecule has 0 amide bonds. The molecule has 8 nitrogen and oxygen atoms in total. The summed E-state index contributed by atoms with van der Waals surface area (Å²) in [4.78, 5) is 43.7. The van der Waals surface area contributed by atoms with Gasteiger partial charge >= 0.3 is 23.9 Å². The molecule has 1 aliphatic carbocycles. The zero-order chi connectivity index (χ0) is 13.6. The minimum atomic E-state index is -2.35. The average molecular weight is 246 g/mol. The Hall–Kier alpha value is -2.12. The molecule has 0 bridgehead atoms. The second-order valence-electron chi connectivity index (χ2n) is 4.06. The number of carbonyl (C=O) groups is 4. The predicted molar refractivity (Wildman–Crippen MR) is 49.2 cm³/mol. The number of carboxylic acid groups (broad SMARTS) is 4. The lowest BCUT2D eigenvalue weighted by molar-refractivity contribution is -0.211. The summed E-state index contributed by atoms with van der Waals surface area (Å²) in [5, 5.41) is 35.4. The molecule has 0 aliphatic heterocycles. The third-order valence-corrected chi connectivity index (χ3v) is 3.56. The molecule has 0 aromatic carbocycles. The van der Waals surface area contributed by atoms with Gasteiger partial charge in [-0.3, -0.25) is 19.2 Å². The fourth-order valence-corrected chi connectivity index (χ4v) is 2.26. The van der Waals surface area contributed by atoms with E-state index in [0.29, 0.717) is 0 Å². The van der Waals surface area contributed by atoms with Crippen molar-refractivity contribution >= 4 is 23.9 Å². The van der Waals surface area contributed by atoms with Crippen molar-refractivity contribution in [1.82, 2.24) is 0 Å². The van der Waals surface area contributed by atoms with Crippen LogP contribution >= 0.6 is 0 Å². The van der Waals surface area contributed by atoms with Crippen molar-refractivity contribution in [2.45, 2.75) is 13.3 Å². The molecule has 94 valence electrons. The first-order valence-corrected chi connectivity index (χ1v) is 4.57. The second-order valence-corrected chi connectivity index (χ2v) is 4.06. The summed E-state index contributed by atoms with van der Waals surface area (Å²) in [6.07, 6.45) is -0.962. The van der Waals surface area contributed by atoms with Crippen molar-refractivity contribution in [1.29, 1.82) is 0 Å². The highest BCUT2D eigenvalue weighted by atomic mass is 16.4. The van der Waals surface area contributed by atoms with E-state index in [4.69, 9.17) is 20.4 Å². The van der Waals surface area contributed by atoms with Gasteiger partial charge in [-0.05, 0) is 0 Å².